The van der Waals surface area contributed by atoms with E-state index in [9.17, 15) is 9.59 Å². The smallest absolute Gasteiger partial charge is 0.317 e. The number of amides is 2. The molecule has 1 aliphatic rings. The van der Waals surface area contributed by atoms with Crippen molar-refractivity contribution < 1.29 is 14.7 Å². The van der Waals surface area contributed by atoms with Crippen molar-refractivity contribution in [3.8, 4) is 0 Å². The molecule has 1 fully saturated rings. The summed E-state index contributed by atoms with van der Waals surface area (Å²) < 4.78 is 0. The number of piperidine rings is 1. The van der Waals surface area contributed by atoms with Crippen LogP contribution in [0.1, 0.15) is 33.6 Å². The number of nitrogens with zero attached hydrogens (tertiary/aromatic N) is 1. The van der Waals surface area contributed by atoms with Crippen molar-refractivity contribution >= 4 is 12.0 Å². The Morgan fingerprint density at radius 2 is 1.89 bits per heavy atom. The van der Waals surface area contributed by atoms with E-state index in [1.807, 2.05) is 13.8 Å². The van der Waals surface area contributed by atoms with Crippen LogP contribution in [0.2, 0.25) is 0 Å². The Labute approximate surface area is 109 Å². The van der Waals surface area contributed by atoms with E-state index in [4.69, 9.17) is 5.11 Å². The summed E-state index contributed by atoms with van der Waals surface area (Å²) >= 11 is 0. The summed E-state index contributed by atoms with van der Waals surface area (Å²) in [6.45, 7) is 7.65. The molecule has 0 aromatic carbocycles. The average Bonchev–Trinajstić information content (AvgIpc) is 2.28. The van der Waals surface area contributed by atoms with Crippen molar-refractivity contribution in [1.29, 1.82) is 0 Å². The molecule has 0 spiro atoms. The molecule has 0 aliphatic carbocycles. The van der Waals surface area contributed by atoms with E-state index < -0.39 is 11.9 Å². The van der Waals surface area contributed by atoms with Crippen LogP contribution in [0, 0.1) is 17.8 Å². The van der Waals surface area contributed by atoms with Crippen LogP contribution in [0.4, 0.5) is 4.79 Å². The topological polar surface area (TPSA) is 69.6 Å². The van der Waals surface area contributed by atoms with Gasteiger partial charge in [0.2, 0.25) is 0 Å². The minimum atomic E-state index is -0.849. The first kappa shape index (κ1) is 14.8. The molecule has 5 heteroatoms. The van der Waals surface area contributed by atoms with E-state index in [-0.39, 0.29) is 18.5 Å². The lowest BCUT2D eigenvalue weighted by atomic mass is 9.96. The lowest BCUT2D eigenvalue weighted by molar-refractivity contribution is -0.142. The third kappa shape index (κ3) is 4.20. The number of hydrogen-bond donors (Lipinski definition) is 2. The molecule has 0 radical (unpaired) electrons. The summed E-state index contributed by atoms with van der Waals surface area (Å²) in [4.78, 5) is 24.7. The fourth-order valence-corrected chi connectivity index (χ4v) is 2.13. The molecule has 1 aliphatic heterocycles. The Bertz CT molecular complexity index is 297. The van der Waals surface area contributed by atoms with E-state index in [0.717, 1.165) is 25.9 Å². The summed E-state index contributed by atoms with van der Waals surface area (Å²) in [6.07, 6.45) is 2.06. The van der Waals surface area contributed by atoms with Gasteiger partial charge in [-0.05, 0) is 24.7 Å². The number of carboxylic acids is 1. The van der Waals surface area contributed by atoms with Crippen molar-refractivity contribution in [3.05, 3.63) is 0 Å². The van der Waals surface area contributed by atoms with Crippen molar-refractivity contribution in [3.63, 3.8) is 0 Å². The second-order valence-corrected chi connectivity index (χ2v) is 5.54. The number of aliphatic carboxylic acids is 1. The first-order chi connectivity index (χ1) is 8.41. The number of carbonyl (C=O) groups excluding carboxylic acids is 1. The number of hydrogen-bond acceptors (Lipinski definition) is 2. The molecule has 1 rings (SSSR count). The third-order valence-corrected chi connectivity index (χ3v) is 3.67. The van der Waals surface area contributed by atoms with Crippen LogP contribution in [0.25, 0.3) is 0 Å². The monoisotopic (exact) mass is 256 g/mol. The van der Waals surface area contributed by atoms with Gasteiger partial charge in [0.25, 0.3) is 0 Å². The molecule has 0 bridgehead atoms. The maximum atomic E-state index is 11.9. The maximum Gasteiger partial charge on any atom is 0.317 e. The van der Waals surface area contributed by atoms with E-state index in [1.165, 1.54) is 0 Å². The molecule has 0 saturated carbocycles. The Kier molecular flexibility index (Phi) is 5.44. The Morgan fingerprint density at radius 1 is 1.33 bits per heavy atom. The first-order valence-electron chi connectivity index (χ1n) is 6.67. The number of carboxylic acid groups (broad SMARTS) is 1. The number of nitrogens with one attached hydrogen (secondary N) is 1. The highest BCUT2D eigenvalue weighted by atomic mass is 16.4. The summed E-state index contributed by atoms with van der Waals surface area (Å²) in [5.74, 6) is -0.670. The van der Waals surface area contributed by atoms with Crippen LogP contribution in [0.15, 0.2) is 0 Å². The largest absolute Gasteiger partial charge is 0.481 e. The molecule has 2 amide bonds. The van der Waals surface area contributed by atoms with E-state index in [1.54, 1.807) is 4.90 Å². The van der Waals surface area contributed by atoms with Gasteiger partial charge in [0, 0.05) is 19.6 Å². The van der Waals surface area contributed by atoms with Crippen molar-refractivity contribution in [2.75, 3.05) is 19.6 Å². The summed E-state index contributed by atoms with van der Waals surface area (Å²) in [5.41, 5.74) is 0. The minimum absolute atomic E-state index is 0.0178. The number of carbonyl (C=O) groups is 2. The highest BCUT2D eigenvalue weighted by Gasteiger charge is 2.24. The van der Waals surface area contributed by atoms with Gasteiger partial charge in [0.05, 0.1) is 5.92 Å². The molecule has 1 heterocycles. The van der Waals surface area contributed by atoms with Gasteiger partial charge in [-0.15, -0.1) is 0 Å². The molecule has 1 atom stereocenters. The highest BCUT2D eigenvalue weighted by molar-refractivity contribution is 5.76. The second-order valence-electron chi connectivity index (χ2n) is 5.54. The zero-order valence-corrected chi connectivity index (χ0v) is 11.5. The molecule has 0 aromatic rings. The molecule has 104 valence electrons. The van der Waals surface area contributed by atoms with E-state index >= 15 is 0 Å². The number of rotatable bonds is 4. The SMILES string of the molecule is CC1CCN(C(=O)NCC(C(=O)O)C(C)C)CC1. The van der Waals surface area contributed by atoms with Crippen LogP contribution < -0.4 is 5.32 Å². The molecule has 0 aromatic heterocycles. The lowest BCUT2D eigenvalue weighted by Crippen LogP contribution is -2.46. The lowest BCUT2D eigenvalue weighted by Gasteiger charge is -2.30. The summed E-state index contributed by atoms with van der Waals surface area (Å²) in [7, 11) is 0. The van der Waals surface area contributed by atoms with Gasteiger partial charge >= 0.3 is 12.0 Å². The van der Waals surface area contributed by atoms with Gasteiger partial charge in [-0.2, -0.15) is 0 Å². The fourth-order valence-electron chi connectivity index (χ4n) is 2.13. The zero-order chi connectivity index (χ0) is 13.7. The van der Waals surface area contributed by atoms with Crippen molar-refractivity contribution in [2.24, 2.45) is 17.8 Å². The number of urea groups is 1. The highest BCUT2D eigenvalue weighted by Crippen LogP contribution is 2.16. The van der Waals surface area contributed by atoms with Crippen LogP contribution in [-0.2, 0) is 4.79 Å². The van der Waals surface area contributed by atoms with Gasteiger partial charge in [-0.25, -0.2) is 4.79 Å². The second kappa shape index (κ2) is 6.61. The molecule has 1 unspecified atom stereocenters. The fraction of sp³-hybridized carbons (Fsp3) is 0.846. The van der Waals surface area contributed by atoms with Gasteiger partial charge in [0.15, 0.2) is 0 Å². The van der Waals surface area contributed by atoms with Gasteiger partial charge in [0.1, 0.15) is 0 Å². The molecular weight excluding hydrogens is 232 g/mol. The van der Waals surface area contributed by atoms with E-state index in [0.29, 0.717) is 5.92 Å². The normalized spacial score (nSPS) is 18.8. The van der Waals surface area contributed by atoms with E-state index in [2.05, 4.69) is 12.2 Å². The molecule has 18 heavy (non-hydrogen) atoms. The Balaban J connectivity index is 2.38. The molecule has 5 nitrogen and oxygen atoms in total. The Morgan fingerprint density at radius 3 is 2.33 bits per heavy atom. The zero-order valence-electron chi connectivity index (χ0n) is 11.5. The van der Waals surface area contributed by atoms with Gasteiger partial charge < -0.3 is 15.3 Å². The summed E-state index contributed by atoms with van der Waals surface area (Å²) in [5, 5.41) is 11.8. The standard InChI is InChI=1S/C13H24N2O3/c1-9(2)11(12(16)17)8-14-13(18)15-6-4-10(3)5-7-15/h9-11H,4-8H2,1-3H3,(H,14,18)(H,16,17). The Hall–Kier alpha value is -1.26. The third-order valence-electron chi connectivity index (χ3n) is 3.67. The quantitative estimate of drug-likeness (QED) is 0.805. The minimum Gasteiger partial charge on any atom is -0.481 e. The first-order valence-corrected chi connectivity index (χ1v) is 6.67. The number of likely N-dealkylation sites (tertiary alicyclic amines) is 1. The van der Waals surface area contributed by atoms with Crippen molar-refractivity contribution in [1.82, 2.24) is 10.2 Å². The molecule has 2 N–H and O–H groups in total. The van der Waals surface area contributed by atoms with Crippen LogP contribution in [-0.4, -0.2) is 41.6 Å². The molecular formula is C13H24N2O3. The maximum absolute atomic E-state index is 11.9. The van der Waals surface area contributed by atoms with Gasteiger partial charge in [-0.1, -0.05) is 20.8 Å². The van der Waals surface area contributed by atoms with Crippen LogP contribution >= 0.6 is 0 Å². The van der Waals surface area contributed by atoms with Crippen LogP contribution in [0.3, 0.4) is 0 Å². The van der Waals surface area contributed by atoms with Gasteiger partial charge in [-0.3, -0.25) is 4.79 Å². The average molecular weight is 256 g/mol. The predicted molar refractivity (Wildman–Crippen MR) is 69.3 cm³/mol. The predicted octanol–water partition coefficient (Wildman–Crippen LogP) is 1.78. The molecule has 1 saturated heterocycles. The van der Waals surface area contributed by atoms with Crippen molar-refractivity contribution in [2.45, 2.75) is 33.6 Å². The van der Waals surface area contributed by atoms with Crippen LogP contribution in [0.5, 0.6) is 0 Å². The summed E-state index contributed by atoms with van der Waals surface area (Å²) in [6, 6.07) is -0.131.